The van der Waals surface area contributed by atoms with Crippen molar-refractivity contribution < 1.29 is 19.4 Å². The normalized spacial score (nSPS) is 12.0. The summed E-state index contributed by atoms with van der Waals surface area (Å²) in [6.07, 6.45) is 1.78. The van der Waals surface area contributed by atoms with E-state index in [0.29, 0.717) is 12.5 Å². The number of amides is 1. The molecule has 18 heavy (non-hydrogen) atoms. The van der Waals surface area contributed by atoms with E-state index in [1.807, 2.05) is 6.92 Å². The molecular weight excluding hydrogens is 234 g/mol. The van der Waals surface area contributed by atoms with Crippen molar-refractivity contribution >= 4 is 12.1 Å². The molecular formula is C13H23NO4. The van der Waals surface area contributed by atoms with Gasteiger partial charge in [0.1, 0.15) is 13.2 Å². The minimum atomic E-state index is -1.04. The molecule has 0 rings (SSSR count). The highest BCUT2D eigenvalue weighted by Crippen LogP contribution is 2.13. The lowest BCUT2D eigenvalue weighted by molar-refractivity contribution is -0.138. The van der Waals surface area contributed by atoms with Crippen molar-refractivity contribution in [1.82, 2.24) is 4.90 Å². The van der Waals surface area contributed by atoms with Crippen LogP contribution in [0.5, 0.6) is 0 Å². The molecule has 0 unspecified atom stereocenters. The Labute approximate surface area is 108 Å². The fraction of sp³-hybridized carbons (Fsp3) is 0.692. The third-order valence-corrected chi connectivity index (χ3v) is 2.31. The highest BCUT2D eigenvalue weighted by molar-refractivity contribution is 5.76. The molecule has 104 valence electrons. The maximum absolute atomic E-state index is 11.7. The van der Waals surface area contributed by atoms with Gasteiger partial charge in [-0.1, -0.05) is 33.4 Å². The number of carboxylic acid groups (broad SMARTS) is 1. The van der Waals surface area contributed by atoms with Crippen molar-refractivity contribution in [2.75, 3.05) is 19.7 Å². The lowest BCUT2D eigenvalue weighted by Gasteiger charge is -2.24. The first-order valence-electron chi connectivity index (χ1n) is 6.11. The molecule has 1 amide bonds. The van der Waals surface area contributed by atoms with E-state index in [-0.39, 0.29) is 19.1 Å². The number of hydrogen-bond acceptors (Lipinski definition) is 3. The standard InChI is InChI=1S/C13H23NO4/c1-5-6-18-13(17)14(9-12(15)16)8-11(4)7-10(2)3/h5,10-11H,1,6-9H2,2-4H3,(H,15,16)/t11-/m0/s1. The van der Waals surface area contributed by atoms with Gasteiger partial charge in [-0.2, -0.15) is 0 Å². The highest BCUT2D eigenvalue weighted by Gasteiger charge is 2.20. The van der Waals surface area contributed by atoms with E-state index in [9.17, 15) is 9.59 Å². The fourth-order valence-corrected chi connectivity index (χ4v) is 1.84. The third kappa shape index (κ3) is 7.70. The van der Waals surface area contributed by atoms with Crippen molar-refractivity contribution in [3.63, 3.8) is 0 Å². The Morgan fingerprint density at radius 1 is 1.39 bits per heavy atom. The minimum Gasteiger partial charge on any atom is -0.480 e. The number of nitrogens with zero attached hydrogens (tertiary/aromatic N) is 1. The lowest BCUT2D eigenvalue weighted by Crippen LogP contribution is -2.39. The lowest BCUT2D eigenvalue weighted by atomic mass is 9.98. The van der Waals surface area contributed by atoms with Gasteiger partial charge in [-0.05, 0) is 18.3 Å². The van der Waals surface area contributed by atoms with E-state index >= 15 is 0 Å². The van der Waals surface area contributed by atoms with Crippen molar-refractivity contribution in [2.45, 2.75) is 27.2 Å². The van der Waals surface area contributed by atoms with Crippen LogP contribution in [0.15, 0.2) is 12.7 Å². The first-order valence-corrected chi connectivity index (χ1v) is 6.11. The monoisotopic (exact) mass is 257 g/mol. The average molecular weight is 257 g/mol. The minimum absolute atomic E-state index is 0.0908. The fourth-order valence-electron chi connectivity index (χ4n) is 1.84. The molecule has 5 nitrogen and oxygen atoms in total. The van der Waals surface area contributed by atoms with Crippen LogP contribution in [0, 0.1) is 11.8 Å². The van der Waals surface area contributed by atoms with E-state index in [4.69, 9.17) is 9.84 Å². The van der Waals surface area contributed by atoms with E-state index in [2.05, 4.69) is 20.4 Å². The summed E-state index contributed by atoms with van der Waals surface area (Å²) in [6, 6.07) is 0. The maximum Gasteiger partial charge on any atom is 0.410 e. The van der Waals surface area contributed by atoms with Gasteiger partial charge in [0.25, 0.3) is 0 Å². The zero-order chi connectivity index (χ0) is 14.1. The third-order valence-electron chi connectivity index (χ3n) is 2.31. The number of rotatable bonds is 8. The molecule has 0 bridgehead atoms. The second-order valence-electron chi connectivity index (χ2n) is 4.87. The second-order valence-corrected chi connectivity index (χ2v) is 4.87. The molecule has 0 heterocycles. The van der Waals surface area contributed by atoms with Crippen LogP contribution in [-0.2, 0) is 9.53 Å². The Hall–Kier alpha value is -1.52. The predicted octanol–water partition coefficient (Wildman–Crippen LogP) is 2.38. The number of carbonyl (C=O) groups excluding carboxylic acids is 1. The van der Waals surface area contributed by atoms with Crippen molar-refractivity contribution in [2.24, 2.45) is 11.8 Å². The Bertz CT molecular complexity index is 289. The molecule has 0 aromatic heterocycles. The van der Waals surface area contributed by atoms with Crippen LogP contribution < -0.4 is 0 Å². The van der Waals surface area contributed by atoms with E-state index in [1.54, 1.807) is 0 Å². The number of ether oxygens (including phenoxy) is 1. The maximum atomic E-state index is 11.7. The average Bonchev–Trinajstić information content (AvgIpc) is 2.23. The zero-order valence-corrected chi connectivity index (χ0v) is 11.4. The summed E-state index contributed by atoms with van der Waals surface area (Å²) in [6.45, 7) is 9.76. The Morgan fingerprint density at radius 3 is 2.44 bits per heavy atom. The van der Waals surface area contributed by atoms with Crippen LogP contribution in [0.3, 0.4) is 0 Å². The highest BCUT2D eigenvalue weighted by atomic mass is 16.6. The van der Waals surface area contributed by atoms with Gasteiger partial charge in [0.15, 0.2) is 0 Å². The first kappa shape index (κ1) is 16.5. The van der Waals surface area contributed by atoms with Crippen LogP contribution in [-0.4, -0.2) is 41.8 Å². The van der Waals surface area contributed by atoms with E-state index < -0.39 is 12.1 Å². The van der Waals surface area contributed by atoms with Crippen molar-refractivity contribution in [1.29, 1.82) is 0 Å². The Balaban J connectivity index is 4.42. The second kappa shape index (κ2) is 8.55. The van der Waals surface area contributed by atoms with Crippen LogP contribution in [0.4, 0.5) is 4.79 Å². The summed E-state index contributed by atoms with van der Waals surface area (Å²) in [4.78, 5) is 23.6. The van der Waals surface area contributed by atoms with Gasteiger partial charge in [0, 0.05) is 6.54 Å². The summed E-state index contributed by atoms with van der Waals surface area (Å²) in [5.74, 6) is -0.293. The van der Waals surface area contributed by atoms with Gasteiger partial charge < -0.3 is 9.84 Å². The SMILES string of the molecule is C=CCOC(=O)N(CC(=O)O)C[C@@H](C)CC(C)C. The zero-order valence-electron chi connectivity index (χ0n) is 11.4. The number of hydrogen-bond donors (Lipinski definition) is 1. The largest absolute Gasteiger partial charge is 0.480 e. The molecule has 0 fully saturated rings. The molecule has 0 aromatic carbocycles. The number of carbonyl (C=O) groups is 2. The van der Waals surface area contributed by atoms with Gasteiger partial charge >= 0.3 is 12.1 Å². The first-order chi connectivity index (χ1) is 8.36. The molecule has 0 spiro atoms. The molecule has 0 aromatic rings. The molecule has 0 saturated heterocycles. The topological polar surface area (TPSA) is 66.8 Å². The summed E-state index contributed by atoms with van der Waals surface area (Å²) in [5, 5.41) is 8.78. The van der Waals surface area contributed by atoms with Gasteiger partial charge in [0.2, 0.25) is 0 Å². The van der Waals surface area contributed by atoms with Crippen molar-refractivity contribution in [3.8, 4) is 0 Å². The molecule has 0 radical (unpaired) electrons. The van der Waals surface area contributed by atoms with E-state index in [0.717, 1.165) is 6.42 Å². The molecule has 0 aliphatic carbocycles. The molecule has 5 heteroatoms. The predicted molar refractivity (Wildman–Crippen MR) is 69.4 cm³/mol. The van der Waals surface area contributed by atoms with Gasteiger partial charge in [-0.15, -0.1) is 0 Å². The summed E-state index contributed by atoms with van der Waals surface area (Å²) in [7, 11) is 0. The number of carboxylic acids is 1. The molecule has 0 aliphatic heterocycles. The Morgan fingerprint density at radius 2 is 2.00 bits per heavy atom. The van der Waals surface area contributed by atoms with Crippen LogP contribution in [0.25, 0.3) is 0 Å². The number of aliphatic carboxylic acids is 1. The smallest absolute Gasteiger partial charge is 0.410 e. The Kier molecular flexibility index (Phi) is 7.83. The molecule has 0 saturated carbocycles. The van der Waals surface area contributed by atoms with E-state index in [1.165, 1.54) is 11.0 Å². The summed E-state index contributed by atoms with van der Waals surface area (Å²) < 4.78 is 4.87. The quantitative estimate of drug-likeness (QED) is 0.678. The van der Waals surface area contributed by atoms with Crippen LogP contribution in [0.1, 0.15) is 27.2 Å². The van der Waals surface area contributed by atoms with Crippen LogP contribution >= 0.6 is 0 Å². The van der Waals surface area contributed by atoms with Gasteiger partial charge in [0.05, 0.1) is 0 Å². The summed E-state index contributed by atoms with van der Waals surface area (Å²) in [5.41, 5.74) is 0. The molecule has 0 aliphatic rings. The summed E-state index contributed by atoms with van der Waals surface area (Å²) >= 11 is 0. The molecule has 1 atom stereocenters. The van der Waals surface area contributed by atoms with Gasteiger partial charge in [-0.3, -0.25) is 9.69 Å². The van der Waals surface area contributed by atoms with Crippen LogP contribution in [0.2, 0.25) is 0 Å². The van der Waals surface area contributed by atoms with Gasteiger partial charge in [-0.25, -0.2) is 4.79 Å². The van der Waals surface area contributed by atoms with Crippen molar-refractivity contribution in [3.05, 3.63) is 12.7 Å². The molecule has 1 N–H and O–H groups in total.